The number of aromatic hydroxyl groups is 1. The average molecular weight is 439 g/mol. The molecule has 0 radical (unpaired) electrons. The molecule has 0 atom stereocenters. The fraction of sp³-hybridized carbons (Fsp3) is 0.310. The number of nitrogens with zero attached hydrogens (tertiary/aromatic N) is 2. The molecule has 1 N–H and O–H groups in total. The summed E-state index contributed by atoms with van der Waals surface area (Å²) in [5, 5.41) is 11.0. The largest absolute Gasteiger partial charge is 0.507 e. The molecule has 2 aromatic heterocycles. The molecule has 0 aliphatic heterocycles. The van der Waals surface area contributed by atoms with Gasteiger partial charge in [-0.05, 0) is 57.7 Å². The molecule has 2 aromatic carbocycles. The molecule has 0 bridgehead atoms. The van der Waals surface area contributed by atoms with Crippen LogP contribution < -0.4 is 0 Å². The highest BCUT2D eigenvalue weighted by atomic mass is 16.3. The molecule has 33 heavy (non-hydrogen) atoms. The quantitative estimate of drug-likeness (QED) is 0.362. The Bertz CT molecular complexity index is 1320. The van der Waals surface area contributed by atoms with E-state index in [9.17, 15) is 5.11 Å². The van der Waals surface area contributed by atoms with Crippen molar-refractivity contribution in [3.63, 3.8) is 0 Å². The molecule has 0 fully saturated rings. The molecule has 4 aromatic rings. The van der Waals surface area contributed by atoms with Gasteiger partial charge in [0, 0.05) is 12.6 Å². The maximum Gasteiger partial charge on any atom is 0.199 e. The molecular formula is C29H30N2O2. The van der Waals surface area contributed by atoms with Crippen molar-refractivity contribution in [2.45, 2.75) is 58.8 Å². The van der Waals surface area contributed by atoms with Gasteiger partial charge >= 0.3 is 0 Å². The number of phenolic OH excluding ortho intramolecular Hbond substituents is 1. The predicted molar refractivity (Wildman–Crippen MR) is 133 cm³/mol. The van der Waals surface area contributed by atoms with E-state index in [0.29, 0.717) is 29.3 Å². The lowest BCUT2D eigenvalue weighted by Gasteiger charge is -2.28. The van der Waals surface area contributed by atoms with E-state index in [1.807, 2.05) is 36.4 Å². The van der Waals surface area contributed by atoms with E-state index >= 15 is 0 Å². The molecule has 0 saturated heterocycles. The lowest BCUT2D eigenvalue weighted by Crippen LogP contribution is -2.18. The van der Waals surface area contributed by atoms with Crippen LogP contribution in [-0.2, 0) is 17.3 Å². The number of aromatic nitrogens is 2. The van der Waals surface area contributed by atoms with E-state index in [1.165, 1.54) is 0 Å². The molecule has 0 aliphatic carbocycles. The monoisotopic (exact) mass is 438 g/mol. The summed E-state index contributed by atoms with van der Waals surface area (Å²) in [6.07, 6.45) is 2.26. The third-order valence-corrected chi connectivity index (χ3v) is 5.59. The summed E-state index contributed by atoms with van der Waals surface area (Å²) >= 11 is 0. The highest BCUT2D eigenvalue weighted by Gasteiger charge is 2.27. The Balaban J connectivity index is 1.74. The summed E-state index contributed by atoms with van der Waals surface area (Å²) in [5.41, 5.74) is 5.52. The number of rotatable bonds is 2. The summed E-state index contributed by atoms with van der Waals surface area (Å²) < 4.78 is 6.18. The van der Waals surface area contributed by atoms with Gasteiger partial charge < -0.3 is 9.52 Å². The number of phenols is 1. The number of pyridine rings is 1. The van der Waals surface area contributed by atoms with Gasteiger partial charge in [-0.3, -0.25) is 0 Å². The maximum atomic E-state index is 11.0. The van der Waals surface area contributed by atoms with Crippen LogP contribution in [0.2, 0.25) is 0 Å². The number of fused-ring (bicyclic) bond motifs is 1. The highest BCUT2D eigenvalue weighted by molar-refractivity contribution is 5.79. The molecule has 0 unspecified atom stereocenters. The lowest BCUT2D eigenvalue weighted by molar-refractivity contribution is 0.422. The number of para-hydroxylation sites is 1. The fourth-order valence-electron chi connectivity index (χ4n) is 3.85. The van der Waals surface area contributed by atoms with Gasteiger partial charge in [0.1, 0.15) is 17.0 Å². The molecule has 0 amide bonds. The van der Waals surface area contributed by atoms with Gasteiger partial charge in [0.2, 0.25) is 0 Å². The fourth-order valence-corrected chi connectivity index (χ4v) is 3.85. The molecule has 0 spiro atoms. The van der Waals surface area contributed by atoms with Crippen LogP contribution >= 0.6 is 0 Å². The number of hydrogen-bond acceptors (Lipinski definition) is 4. The van der Waals surface area contributed by atoms with Crippen molar-refractivity contribution in [2.75, 3.05) is 0 Å². The van der Waals surface area contributed by atoms with Crippen molar-refractivity contribution < 1.29 is 9.52 Å². The van der Waals surface area contributed by atoms with Crippen molar-refractivity contribution in [3.05, 3.63) is 88.6 Å². The minimum Gasteiger partial charge on any atom is -0.507 e. The van der Waals surface area contributed by atoms with Crippen LogP contribution in [0.4, 0.5) is 0 Å². The van der Waals surface area contributed by atoms with Crippen LogP contribution in [-0.4, -0.2) is 15.1 Å². The molecule has 0 aliphatic rings. The first-order chi connectivity index (χ1) is 15.5. The van der Waals surface area contributed by atoms with E-state index < -0.39 is 0 Å². The zero-order valence-electron chi connectivity index (χ0n) is 20.2. The Kier molecular flexibility index (Phi) is 5.76. The van der Waals surface area contributed by atoms with E-state index in [2.05, 4.69) is 70.5 Å². The van der Waals surface area contributed by atoms with Crippen molar-refractivity contribution >= 4 is 11.1 Å². The first kappa shape index (κ1) is 22.6. The van der Waals surface area contributed by atoms with Gasteiger partial charge in [-0.15, -0.1) is 0 Å². The second-order valence-corrected chi connectivity index (χ2v) is 10.4. The van der Waals surface area contributed by atoms with Crippen LogP contribution in [0.5, 0.6) is 5.75 Å². The van der Waals surface area contributed by atoms with Crippen LogP contribution in [0.15, 0.2) is 59.1 Å². The molecule has 0 saturated carbocycles. The van der Waals surface area contributed by atoms with Crippen molar-refractivity contribution in [3.8, 4) is 17.6 Å². The van der Waals surface area contributed by atoms with E-state index in [1.54, 1.807) is 6.20 Å². The minimum atomic E-state index is -0.185. The summed E-state index contributed by atoms with van der Waals surface area (Å²) in [5.74, 6) is 7.26. The van der Waals surface area contributed by atoms with Crippen molar-refractivity contribution in [1.29, 1.82) is 0 Å². The SMILES string of the molecule is CC(C)(C)c1cc(Cc2nc3cccc(C#Cc4ccccn4)c3o2)cc(C(C)(C)C)c1O. The summed E-state index contributed by atoms with van der Waals surface area (Å²) in [4.78, 5) is 8.97. The lowest BCUT2D eigenvalue weighted by atomic mass is 9.78. The summed E-state index contributed by atoms with van der Waals surface area (Å²) in [6.45, 7) is 12.7. The van der Waals surface area contributed by atoms with Gasteiger partial charge in [0.25, 0.3) is 0 Å². The first-order valence-electron chi connectivity index (χ1n) is 11.2. The Labute approximate surface area is 195 Å². The van der Waals surface area contributed by atoms with Crippen LogP contribution in [0.25, 0.3) is 11.1 Å². The van der Waals surface area contributed by atoms with E-state index in [0.717, 1.165) is 27.8 Å². The van der Waals surface area contributed by atoms with Crippen molar-refractivity contribution in [2.24, 2.45) is 0 Å². The highest BCUT2D eigenvalue weighted by Crippen LogP contribution is 2.40. The van der Waals surface area contributed by atoms with Gasteiger partial charge in [-0.2, -0.15) is 0 Å². The predicted octanol–water partition coefficient (Wildman–Crippen LogP) is 6.51. The van der Waals surface area contributed by atoms with Gasteiger partial charge in [0.05, 0.1) is 5.56 Å². The molecule has 4 heteroatoms. The van der Waals surface area contributed by atoms with E-state index in [-0.39, 0.29) is 10.8 Å². The number of hydrogen-bond donors (Lipinski definition) is 1. The zero-order valence-corrected chi connectivity index (χ0v) is 20.2. The van der Waals surface area contributed by atoms with Crippen LogP contribution in [0.3, 0.4) is 0 Å². The number of oxazole rings is 1. The Morgan fingerprint density at radius 1 is 0.879 bits per heavy atom. The first-order valence-corrected chi connectivity index (χ1v) is 11.2. The third kappa shape index (κ3) is 4.93. The average Bonchev–Trinajstić information content (AvgIpc) is 3.15. The molecule has 2 heterocycles. The van der Waals surface area contributed by atoms with Crippen LogP contribution in [0.1, 0.15) is 75.4 Å². The minimum absolute atomic E-state index is 0.185. The zero-order chi connectivity index (χ0) is 23.8. The molecular weight excluding hydrogens is 408 g/mol. The topological polar surface area (TPSA) is 59.2 Å². The Hall–Kier alpha value is -3.58. The summed E-state index contributed by atoms with van der Waals surface area (Å²) in [6, 6.07) is 15.6. The van der Waals surface area contributed by atoms with Crippen molar-refractivity contribution in [1.82, 2.24) is 9.97 Å². The maximum absolute atomic E-state index is 11.0. The Morgan fingerprint density at radius 3 is 2.18 bits per heavy atom. The third-order valence-electron chi connectivity index (χ3n) is 5.59. The standard InChI is InChI=1S/C29H30N2O2/c1-28(2,3)22-16-19(17-23(26(22)32)29(4,5)6)18-25-31-24-12-9-10-20(27(24)33-25)13-14-21-11-7-8-15-30-21/h7-12,15-17,32H,18H2,1-6H3. The smallest absolute Gasteiger partial charge is 0.199 e. The number of benzene rings is 2. The second kappa shape index (κ2) is 8.41. The van der Waals surface area contributed by atoms with Crippen LogP contribution in [0, 0.1) is 11.8 Å². The summed E-state index contributed by atoms with van der Waals surface area (Å²) in [7, 11) is 0. The van der Waals surface area contributed by atoms with E-state index in [4.69, 9.17) is 9.40 Å². The van der Waals surface area contributed by atoms with Gasteiger partial charge in [-0.25, -0.2) is 9.97 Å². The second-order valence-electron chi connectivity index (χ2n) is 10.4. The molecule has 168 valence electrons. The molecule has 4 nitrogen and oxygen atoms in total. The molecule has 4 rings (SSSR count). The van der Waals surface area contributed by atoms with Gasteiger partial charge in [-0.1, -0.05) is 71.7 Å². The normalized spacial score (nSPS) is 11.9. The van der Waals surface area contributed by atoms with Gasteiger partial charge in [0.15, 0.2) is 11.5 Å². The Morgan fingerprint density at radius 2 is 1.58 bits per heavy atom.